The van der Waals surface area contributed by atoms with Crippen molar-refractivity contribution in [2.24, 2.45) is 5.92 Å². The lowest BCUT2D eigenvalue weighted by Crippen LogP contribution is -2.19. The molecule has 0 bridgehead atoms. The van der Waals surface area contributed by atoms with Gasteiger partial charge in [-0.05, 0) is 24.6 Å². The van der Waals surface area contributed by atoms with E-state index >= 15 is 0 Å². The molecule has 1 N–H and O–H groups in total. The van der Waals surface area contributed by atoms with Crippen LogP contribution in [0.15, 0.2) is 30.6 Å². The molecule has 0 saturated carbocycles. The van der Waals surface area contributed by atoms with Crippen LogP contribution in [0.4, 0.5) is 4.39 Å². The quantitative estimate of drug-likeness (QED) is 0.881. The first-order valence-corrected chi connectivity index (χ1v) is 7.07. The van der Waals surface area contributed by atoms with Crippen molar-refractivity contribution in [2.75, 3.05) is 6.54 Å². The number of rotatable bonds is 6. The Morgan fingerprint density at radius 1 is 1.29 bits per heavy atom. The summed E-state index contributed by atoms with van der Waals surface area (Å²) in [6.45, 7) is 5.85. The minimum Gasteiger partial charge on any atom is -0.437 e. The molecule has 0 radical (unpaired) electrons. The highest BCUT2D eigenvalue weighted by Crippen LogP contribution is 2.23. The normalized spacial score (nSPS) is 10.9. The van der Waals surface area contributed by atoms with Gasteiger partial charge in [0.2, 0.25) is 5.88 Å². The van der Waals surface area contributed by atoms with Gasteiger partial charge in [0, 0.05) is 12.6 Å². The topological polar surface area (TPSA) is 47.0 Å². The molecule has 0 aliphatic rings. The molecule has 4 nitrogen and oxygen atoms in total. The molecule has 0 spiro atoms. The van der Waals surface area contributed by atoms with Gasteiger partial charge in [-0.15, -0.1) is 0 Å². The van der Waals surface area contributed by atoms with Gasteiger partial charge in [-0.25, -0.2) is 9.37 Å². The summed E-state index contributed by atoms with van der Waals surface area (Å²) < 4.78 is 18.7. The third kappa shape index (κ3) is 4.95. The fraction of sp³-hybridized carbons (Fsp3) is 0.333. The van der Waals surface area contributed by atoms with E-state index in [0.29, 0.717) is 24.1 Å². The standard InChI is InChI=1S/C15H17ClFN3O/c1-10(2)6-18-7-11-8-20-15(9-19-11)21-12-3-4-13(16)14(17)5-12/h3-5,8-10,18H,6-7H2,1-2H3. The van der Waals surface area contributed by atoms with E-state index in [1.165, 1.54) is 18.3 Å². The number of nitrogens with zero attached hydrogens (tertiary/aromatic N) is 2. The number of aromatic nitrogens is 2. The highest BCUT2D eigenvalue weighted by atomic mass is 35.5. The number of halogens is 2. The Labute approximate surface area is 128 Å². The Morgan fingerprint density at radius 3 is 2.71 bits per heavy atom. The predicted octanol–water partition coefficient (Wildman–Crippen LogP) is 3.81. The molecule has 1 aromatic heterocycles. The average molecular weight is 310 g/mol. The lowest BCUT2D eigenvalue weighted by atomic mass is 10.2. The van der Waals surface area contributed by atoms with Crippen LogP contribution in [0.3, 0.4) is 0 Å². The molecule has 0 unspecified atom stereocenters. The Balaban J connectivity index is 1.94. The van der Waals surface area contributed by atoms with E-state index in [-0.39, 0.29) is 5.02 Å². The molecule has 0 aliphatic carbocycles. The van der Waals surface area contributed by atoms with E-state index in [1.54, 1.807) is 12.3 Å². The van der Waals surface area contributed by atoms with Gasteiger partial charge in [-0.2, -0.15) is 0 Å². The predicted molar refractivity (Wildman–Crippen MR) is 80.1 cm³/mol. The molecule has 2 rings (SSSR count). The Kier molecular flexibility index (Phi) is 5.47. The van der Waals surface area contributed by atoms with Crippen molar-refractivity contribution in [1.82, 2.24) is 15.3 Å². The third-order valence-electron chi connectivity index (χ3n) is 2.65. The molecular formula is C15H17ClFN3O. The molecular weight excluding hydrogens is 293 g/mol. The summed E-state index contributed by atoms with van der Waals surface area (Å²) in [6.07, 6.45) is 3.15. The maximum Gasteiger partial charge on any atom is 0.237 e. The summed E-state index contributed by atoms with van der Waals surface area (Å²) in [5, 5.41) is 3.33. The lowest BCUT2D eigenvalue weighted by molar-refractivity contribution is 0.453. The van der Waals surface area contributed by atoms with Gasteiger partial charge in [-0.1, -0.05) is 25.4 Å². The Bertz CT molecular complexity index is 590. The maximum atomic E-state index is 13.3. The molecule has 1 aromatic carbocycles. The van der Waals surface area contributed by atoms with E-state index in [1.807, 2.05) is 0 Å². The van der Waals surface area contributed by atoms with Gasteiger partial charge in [0.05, 0.1) is 23.1 Å². The molecule has 6 heteroatoms. The smallest absolute Gasteiger partial charge is 0.237 e. The summed E-state index contributed by atoms with van der Waals surface area (Å²) in [6, 6.07) is 4.22. The first-order chi connectivity index (χ1) is 10.0. The van der Waals surface area contributed by atoms with Crippen LogP contribution in [0, 0.1) is 11.7 Å². The number of hydrogen-bond acceptors (Lipinski definition) is 4. The van der Waals surface area contributed by atoms with Crippen molar-refractivity contribution in [2.45, 2.75) is 20.4 Å². The second-order valence-corrected chi connectivity index (χ2v) is 5.46. The summed E-state index contributed by atoms with van der Waals surface area (Å²) in [5.41, 5.74) is 0.824. The van der Waals surface area contributed by atoms with Crippen LogP contribution in [0.1, 0.15) is 19.5 Å². The van der Waals surface area contributed by atoms with Crippen LogP contribution in [0.2, 0.25) is 5.02 Å². The van der Waals surface area contributed by atoms with E-state index in [0.717, 1.165) is 12.2 Å². The largest absolute Gasteiger partial charge is 0.437 e. The van der Waals surface area contributed by atoms with E-state index in [4.69, 9.17) is 16.3 Å². The molecule has 0 aliphatic heterocycles. The number of ether oxygens (including phenoxy) is 1. The molecule has 2 aromatic rings. The molecule has 21 heavy (non-hydrogen) atoms. The third-order valence-corrected chi connectivity index (χ3v) is 2.96. The fourth-order valence-corrected chi connectivity index (χ4v) is 1.75. The van der Waals surface area contributed by atoms with E-state index in [9.17, 15) is 4.39 Å². The van der Waals surface area contributed by atoms with Gasteiger partial charge >= 0.3 is 0 Å². The van der Waals surface area contributed by atoms with Gasteiger partial charge in [0.15, 0.2) is 0 Å². The van der Waals surface area contributed by atoms with Crippen LogP contribution in [-0.2, 0) is 6.54 Å². The van der Waals surface area contributed by atoms with Crippen molar-refractivity contribution in [1.29, 1.82) is 0 Å². The van der Waals surface area contributed by atoms with E-state index < -0.39 is 5.82 Å². The van der Waals surface area contributed by atoms with Crippen LogP contribution in [0.5, 0.6) is 11.6 Å². The number of hydrogen-bond donors (Lipinski definition) is 1. The average Bonchev–Trinajstić information content (AvgIpc) is 2.44. The first kappa shape index (κ1) is 15.7. The van der Waals surface area contributed by atoms with E-state index in [2.05, 4.69) is 29.1 Å². The summed E-state index contributed by atoms with van der Waals surface area (Å²) in [5.74, 6) is 0.693. The molecule has 0 atom stereocenters. The van der Waals surface area contributed by atoms with Gasteiger partial charge in [-0.3, -0.25) is 4.98 Å². The SMILES string of the molecule is CC(C)CNCc1cnc(Oc2ccc(Cl)c(F)c2)cn1. The van der Waals surface area contributed by atoms with Crippen LogP contribution in [0.25, 0.3) is 0 Å². The van der Waals surface area contributed by atoms with Crippen molar-refractivity contribution < 1.29 is 9.13 Å². The van der Waals surface area contributed by atoms with Gasteiger partial charge in [0.25, 0.3) is 0 Å². The minimum absolute atomic E-state index is 0.0556. The number of nitrogens with one attached hydrogen (secondary N) is 1. The summed E-state index contributed by atoms with van der Waals surface area (Å²) in [7, 11) is 0. The Hall–Kier alpha value is -1.72. The van der Waals surface area contributed by atoms with Crippen molar-refractivity contribution in [3.05, 3.63) is 47.1 Å². The minimum atomic E-state index is -0.531. The lowest BCUT2D eigenvalue weighted by Gasteiger charge is -2.08. The van der Waals surface area contributed by atoms with Crippen molar-refractivity contribution >= 4 is 11.6 Å². The summed E-state index contributed by atoms with van der Waals surface area (Å²) in [4.78, 5) is 8.39. The van der Waals surface area contributed by atoms with Crippen molar-refractivity contribution in [3.63, 3.8) is 0 Å². The van der Waals surface area contributed by atoms with Crippen LogP contribution in [-0.4, -0.2) is 16.5 Å². The van der Waals surface area contributed by atoms with Crippen LogP contribution < -0.4 is 10.1 Å². The Morgan fingerprint density at radius 2 is 2.10 bits per heavy atom. The monoisotopic (exact) mass is 309 g/mol. The second kappa shape index (κ2) is 7.33. The zero-order valence-electron chi connectivity index (χ0n) is 11.9. The van der Waals surface area contributed by atoms with Gasteiger partial charge < -0.3 is 10.1 Å². The highest BCUT2D eigenvalue weighted by Gasteiger charge is 2.05. The zero-order chi connectivity index (χ0) is 15.2. The molecule has 0 fully saturated rings. The molecule has 112 valence electrons. The number of benzene rings is 1. The summed E-state index contributed by atoms with van der Waals surface area (Å²) >= 11 is 5.61. The van der Waals surface area contributed by atoms with Crippen LogP contribution >= 0.6 is 11.6 Å². The highest BCUT2D eigenvalue weighted by molar-refractivity contribution is 6.30. The fourth-order valence-electron chi connectivity index (χ4n) is 1.64. The molecule has 0 saturated heterocycles. The second-order valence-electron chi connectivity index (χ2n) is 5.05. The maximum absolute atomic E-state index is 13.3. The molecule has 1 heterocycles. The molecule has 0 amide bonds. The first-order valence-electron chi connectivity index (χ1n) is 6.69. The zero-order valence-corrected chi connectivity index (χ0v) is 12.7. The van der Waals surface area contributed by atoms with Gasteiger partial charge in [0.1, 0.15) is 11.6 Å². The van der Waals surface area contributed by atoms with Crippen molar-refractivity contribution in [3.8, 4) is 11.6 Å².